The average molecular weight is 240 g/mol. The van der Waals surface area contributed by atoms with E-state index in [0.717, 1.165) is 6.42 Å². The second-order valence-corrected chi connectivity index (χ2v) is 5.44. The monoisotopic (exact) mass is 240 g/mol. The summed E-state index contributed by atoms with van der Waals surface area (Å²) in [5, 5.41) is 0. The fraction of sp³-hybridized carbons (Fsp3) is 0.353. The molecule has 2 rings (SSSR count). The van der Waals surface area contributed by atoms with Crippen molar-refractivity contribution in [3.05, 3.63) is 53.7 Å². The normalized spacial score (nSPS) is 10.9. The minimum atomic E-state index is 0.699. The van der Waals surface area contributed by atoms with Crippen LogP contribution in [0.1, 0.15) is 25.0 Å². The fourth-order valence-electron chi connectivity index (χ4n) is 2.35. The summed E-state index contributed by atoms with van der Waals surface area (Å²) in [5.41, 5.74) is 5.38. The Morgan fingerprint density at radius 1 is 1.11 bits per heavy atom. The van der Waals surface area contributed by atoms with Crippen LogP contribution in [0, 0.1) is 12.8 Å². The highest BCUT2D eigenvalue weighted by Crippen LogP contribution is 2.22. The molecular formula is C17H22N+. The molecular weight excluding hydrogens is 218 g/mol. The highest BCUT2D eigenvalue weighted by molar-refractivity contribution is 5.61. The molecule has 0 spiro atoms. The zero-order chi connectivity index (χ0) is 13.1. The van der Waals surface area contributed by atoms with Crippen LogP contribution in [0.25, 0.3) is 11.3 Å². The van der Waals surface area contributed by atoms with Gasteiger partial charge in [-0.25, -0.2) is 4.57 Å². The smallest absolute Gasteiger partial charge is 0.201 e. The van der Waals surface area contributed by atoms with Crippen LogP contribution in [-0.4, -0.2) is 0 Å². The van der Waals surface area contributed by atoms with Crippen LogP contribution in [0.5, 0.6) is 0 Å². The highest BCUT2D eigenvalue weighted by atomic mass is 14.9. The van der Waals surface area contributed by atoms with Gasteiger partial charge in [0.2, 0.25) is 5.69 Å². The van der Waals surface area contributed by atoms with Crippen LogP contribution in [-0.2, 0) is 13.5 Å². The Bertz CT molecular complexity index is 541. The van der Waals surface area contributed by atoms with Crippen molar-refractivity contribution >= 4 is 0 Å². The number of aromatic nitrogens is 1. The van der Waals surface area contributed by atoms with Gasteiger partial charge in [-0.05, 0) is 42.5 Å². The standard InChI is InChI=1S/C17H22N/c1-13(2)11-15-9-8-14(3)16(12-15)17-7-5-6-10-18(17)4/h5-10,12-13H,11H2,1-4H3/q+1. The number of hydrogen-bond donors (Lipinski definition) is 0. The Kier molecular flexibility index (Phi) is 3.81. The molecule has 0 unspecified atom stereocenters. The van der Waals surface area contributed by atoms with Crippen molar-refractivity contribution in [2.75, 3.05) is 0 Å². The lowest BCUT2D eigenvalue weighted by atomic mass is 9.96. The third-order valence-corrected chi connectivity index (χ3v) is 3.28. The molecule has 0 atom stereocenters. The Morgan fingerprint density at radius 3 is 2.56 bits per heavy atom. The highest BCUT2D eigenvalue weighted by Gasteiger charge is 2.12. The van der Waals surface area contributed by atoms with Crippen molar-refractivity contribution in [3.63, 3.8) is 0 Å². The number of hydrogen-bond acceptors (Lipinski definition) is 0. The van der Waals surface area contributed by atoms with Gasteiger partial charge in [-0.2, -0.15) is 0 Å². The molecule has 1 aromatic carbocycles. The SMILES string of the molecule is Cc1ccc(CC(C)C)cc1-c1cccc[n+]1C. The summed E-state index contributed by atoms with van der Waals surface area (Å²) in [6.45, 7) is 6.71. The molecule has 0 N–H and O–H groups in total. The molecule has 0 radical (unpaired) electrons. The molecule has 0 bridgehead atoms. The molecule has 0 fully saturated rings. The first-order valence-corrected chi connectivity index (χ1v) is 6.62. The summed E-state index contributed by atoms with van der Waals surface area (Å²) in [6, 6.07) is 13.2. The van der Waals surface area contributed by atoms with E-state index < -0.39 is 0 Å². The Morgan fingerprint density at radius 2 is 1.89 bits per heavy atom. The summed E-state index contributed by atoms with van der Waals surface area (Å²) < 4.78 is 2.18. The lowest BCUT2D eigenvalue weighted by Gasteiger charge is -2.09. The molecule has 0 saturated carbocycles. The van der Waals surface area contributed by atoms with E-state index in [-0.39, 0.29) is 0 Å². The minimum absolute atomic E-state index is 0.699. The van der Waals surface area contributed by atoms with Crippen molar-refractivity contribution in [2.24, 2.45) is 13.0 Å². The maximum Gasteiger partial charge on any atom is 0.212 e. The first-order chi connectivity index (χ1) is 8.58. The van der Waals surface area contributed by atoms with Gasteiger partial charge < -0.3 is 0 Å². The van der Waals surface area contributed by atoms with E-state index in [1.165, 1.54) is 22.4 Å². The zero-order valence-electron chi connectivity index (χ0n) is 11.8. The number of aryl methyl sites for hydroxylation is 2. The van der Waals surface area contributed by atoms with Crippen LogP contribution >= 0.6 is 0 Å². The number of nitrogens with zero attached hydrogens (tertiary/aromatic N) is 1. The van der Waals surface area contributed by atoms with Gasteiger partial charge >= 0.3 is 0 Å². The quantitative estimate of drug-likeness (QED) is 0.720. The molecule has 1 heterocycles. The van der Waals surface area contributed by atoms with Gasteiger partial charge in [0.1, 0.15) is 7.05 Å². The second kappa shape index (κ2) is 5.34. The molecule has 94 valence electrons. The van der Waals surface area contributed by atoms with Crippen molar-refractivity contribution in [1.29, 1.82) is 0 Å². The maximum atomic E-state index is 2.34. The number of rotatable bonds is 3. The fourth-order valence-corrected chi connectivity index (χ4v) is 2.35. The predicted octanol–water partition coefficient (Wildman–Crippen LogP) is 3.69. The van der Waals surface area contributed by atoms with Crippen molar-refractivity contribution in [3.8, 4) is 11.3 Å². The molecule has 1 aromatic heterocycles. The van der Waals surface area contributed by atoms with Gasteiger partial charge in [-0.1, -0.05) is 26.0 Å². The summed E-state index contributed by atoms with van der Waals surface area (Å²) in [7, 11) is 2.10. The van der Waals surface area contributed by atoms with Crippen LogP contribution in [0.4, 0.5) is 0 Å². The summed E-state index contributed by atoms with van der Waals surface area (Å²) in [4.78, 5) is 0. The molecule has 0 saturated heterocycles. The minimum Gasteiger partial charge on any atom is -0.201 e. The lowest BCUT2D eigenvalue weighted by molar-refractivity contribution is -0.660. The van der Waals surface area contributed by atoms with Gasteiger partial charge in [-0.15, -0.1) is 0 Å². The topological polar surface area (TPSA) is 3.88 Å². The summed E-state index contributed by atoms with van der Waals surface area (Å²) in [5.74, 6) is 0.699. The maximum absolute atomic E-state index is 2.34. The van der Waals surface area contributed by atoms with E-state index in [9.17, 15) is 0 Å². The molecule has 0 aliphatic heterocycles. The van der Waals surface area contributed by atoms with Crippen molar-refractivity contribution in [2.45, 2.75) is 27.2 Å². The van der Waals surface area contributed by atoms with Gasteiger partial charge in [0.05, 0.1) is 0 Å². The van der Waals surface area contributed by atoms with Gasteiger partial charge in [0, 0.05) is 17.7 Å². The molecule has 1 nitrogen and oxygen atoms in total. The van der Waals surface area contributed by atoms with Crippen LogP contribution in [0.3, 0.4) is 0 Å². The summed E-state index contributed by atoms with van der Waals surface area (Å²) in [6.07, 6.45) is 3.24. The van der Waals surface area contributed by atoms with Gasteiger partial charge in [-0.3, -0.25) is 0 Å². The van der Waals surface area contributed by atoms with E-state index in [1.54, 1.807) is 0 Å². The van der Waals surface area contributed by atoms with E-state index >= 15 is 0 Å². The number of benzene rings is 1. The summed E-state index contributed by atoms with van der Waals surface area (Å²) >= 11 is 0. The lowest BCUT2D eigenvalue weighted by Crippen LogP contribution is -2.30. The molecule has 2 aromatic rings. The van der Waals surface area contributed by atoms with Gasteiger partial charge in [0.25, 0.3) is 0 Å². The Hall–Kier alpha value is -1.63. The van der Waals surface area contributed by atoms with Crippen LogP contribution in [0.15, 0.2) is 42.6 Å². The van der Waals surface area contributed by atoms with Crippen molar-refractivity contribution in [1.82, 2.24) is 0 Å². The van der Waals surface area contributed by atoms with Crippen molar-refractivity contribution < 1.29 is 4.57 Å². The zero-order valence-corrected chi connectivity index (χ0v) is 11.8. The second-order valence-electron chi connectivity index (χ2n) is 5.44. The van der Waals surface area contributed by atoms with E-state index in [0.29, 0.717) is 5.92 Å². The molecule has 0 amide bonds. The van der Waals surface area contributed by atoms with E-state index in [2.05, 4.69) is 75.0 Å². The molecule has 0 aliphatic rings. The number of pyridine rings is 1. The largest absolute Gasteiger partial charge is 0.212 e. The van der Waals surface area contributed by atoms with Gasteiger partial charge in [0.15, 0.2) is 6.20 Å². The third-order valence-electron chi connectivity index (χ3n) is 3.28. The molecule has 1 heteroatoms. The third kappa shape index (κ3) is 2.79. The average Bonchev–Trinajstić information content (AvgIpc) is 2.32. The van der Waals surface area contributed by atoms with E-state index in [4.69, 9.17) is 0 Å². The van der Waals surface area contributed by atoms with Crippen LogP contribution < -0.4 is 4.57 Å². The first kappa shape index (κ1) is 12.8. The Labute approximate surface area is 110 Å². The predicted molar refractivity (Wildman–Crippen MR) is 76.3 cm³/mol. The molecule has 18 heavy (non-hydrogen) atoms. The van der Waals surface area contributed by atoms with E-state index in [1.807, 2.05) is 0 Å². The molecule has 0 aliphatic carbocycles. The first-order valence-electron chi connectivity index (χ1n) is 6.62. The Balaban J connectivity index is 2.47. The van der Waals surface area contributed by atoms with Crippen LogP contribution in [0.2, 0.25) is 0 Å².